The Labute approximate surface area is 178 Å². The Kier molecular flexibility index (Phi) is 4.57. The highest BCUT2D eigenvalue weighted by atomic mass is 32.2. The molecule has 0 aromatic rings. The number of ether oxygens (including phenoxy) is 1. The maximum atomic E-state index is 12.2. The summed E-state index contributed by atoms with van der Waals surface area (Å²) in [5.41, 5.74) is 1.29. The number of aliphatic hydroxyl groups is 1. The number of esters is 1. The van der Waals surface area contributed by atoms with Crippen molar-refractivity contribution in [2.45, 2.75) is 95.5 Å². The SMILES string of the molecule is CC(=O)S[C@@H]1CC2=C[C@@H](O)CC[C@]2(C)[C@H]2CC[C@@]3(C)[C@@H](CC[C@]34CCC(=O)O4)[C@H]12. The summed E-state index contributed by atoms with van der Waals surface area (Å²) in [6, 6.07) is 0. The number of thioether (sulfide) groups is 1. The lowest BCUT2D eigenvalue weighted by Crippen LogP contribution is -2.57. The number of carbonyl (C=O) groups is 2. The third-order valence-electron chi connectivity index (χ3n) is 9.74. The molecular formula is C24H34O4S. The van der Waals surface area contributed by atoms with Crippen molar-refractivity contribution in [2.24, 2.45) is 28.6 Å². The maximum Gasteiger partial charge on any atom is 0.306 e. The van der Waals surface area contributed by atoms with E-state index in [0.717, 1.165) is 51.4 Å². The summed E-state index contributed by atoms with van der Waals surface area (Å²) in [6.07, 6.45) is 10.3. The normalized spacial score (nSPS) is 51.1. The minimum absolute atomic E-state index is 0.0225. The smallest absolute Gasteiger partial charge is 0.306 e. The zero-order valence-corrected chi connectivity index (χ0v) is 18.7. The fraction of sp³-hybridized carbons (Fsp3) is 0.833. The van der Waals surface area contributed by atoms with Crippen LogP contribution in [0.25, 0.3) is 0 Å². The predicted molar refractivity (Wildman–Crippen MR) is 113 cm³/mol. The van der Waals surface area contributed by atoms with E-state index in [1.165, 1.54) is 17.3 Å². The molecule has 5 aliphatic rings. The predicted octanol–water partition coefficient (Wildman–Crippen LogP) is 4.64. The number of hydrogen-bond donors (Lipinski definition) is 1. The second kappa shape index (κ2) is 6.59. The number of rotatable bonds is 1. The minimum Gasteiger partial charge on any atom is -0.458 e. The van der Waals surface area contributed by atoms with E-state index in [4.69, 9.17) is 4.74 Å². The maximum absolute atomic E-state index is 12.2. The van der Waals surface area contributed by atoms with Crippen LogP contribution in [-0.4, -0.2) is 33.1 Å². The molecule has 160 valence electrons. The van der Waals surface area contributed by atoms with Crippen LogP contribution in [0.15, 0.2) is 11.6 Å². The van der Waals surface area contributed by atoms with Gasteiger partial charge in [-0.25, -0.2) is 0 Å². The van der Waals surface area contributed by atoms with Crippen LogP contribution >= 0.6 is 11.8 Å². The summed E-state index contributed by atoms with van der Waals surface area (Å²) in [5, 5.41) is 10.8. The van der Waals surface area contributed by atoms with E-state index in [2.05, 4.69) is 19.9 Å². The standard InChI is InChI=1S/C24H34O4S/c1-14(25)29-19-13-15-12-16(26)4-8-22(15,2)17-5-9-23(3)18(21(17)19)6-10-24(23)11-7-20(27)28-24/h12,16-19,21,26H,4-11,13H2,1-3H3/t16-,17-,18-,19+,21+,22-,23-,24-/m0/s1. The summed E-state index contributed by atoms with van der Waals surface area (Å²) < 4.78 is 6.07. The summed E-state index contributed by atoms with van der Waals surface area (Å²) in [6.45, 7) is 6.49. The number of carbonyl (C=O) groups excluding carboxylic acids is 2. The molecule has 4 aliphatic carbocycles. The van der Waals surface area contributed by atoms with Gasteiger partial charge in [-0.1, -0.05) is 37.3 Å². The molecule has 1 saturated heterocycles. The fourth-order valence-electron chi connectivity index (χ4n) is 8.28. The van der Waals surface area contributed by atoms with Gasteiger partial charge in [0.2, 0.25) is 0 Å². The van der Waals surface area contributed by atoms with Crippen molar-refractivity contribution >= 4 is 22.8 Å². The van der Waals surface area contributed by atoms with Gasteiger partial charge >= 0.3 is 5.97 Å². The van der Waals surface area contributed by atoms with Crippen molar-refractivity contribution in [2.75, 3.05) is 0 Å². The Morgan fingerprint density at radius 2 is 1.90 bits per heavy atom. The second-order valence-corrected chi connectivity index (χ2v) is 12.2. The molecule has 1 N–H and O–H groups in total. The van der Waals surface area contributed by atoms with Gasteiger partial charge in [-0.3, -0.25) is 9.59 Å². The van der Waals surface area contributed by atoms with E-state index in [0.29, 0.717) is 24.2 Å². The van der Waals surface area contributed by atoms with Crippen molar-refractivity contribution in [3.63, 3.8) is 0 Å². The highest BCUT2D eigenvalue weighted by Gasteiger charge is 2.68. The number of aliphatic hydroxyl groups excluding tert-OH is 1. The first-order valence-electron chi connectivity index (χ1n) is 11.5. The number of fused-ring (bicyclic) bond motifs is 6. The van der Waals surface area contributed by atoms with Gasteiger partial charge in [0.1, 0.15) is 5.60 Å². The second-order valence-electron chi connectivity index (χ2n) is 10.8. The molecule has 0 amide bonds. The van der Waals surface area contributed by atoms with Gasteiger partial charge in [-0.15, -0.1) is 0 Å². The van der Waals surface area contributed by atoms with E-state index in [9.17, 15) is 14.7 Å². The highest BCUT2D eigenvalue weighted by Crippen LogP contribution is 2.70. The average Bonchev–Trinajstić information content (AvgIpc) is 3.17. The van der Waals surface area contributed by atoms with Crippen LogP contribution in [0.5, 0.6) is 0 Å². The number of hydrogen-bond acceptors (Lipinski definition) is 5. The minimum atomic E-state index is -0.334. The van der Waals surface area contributed by atoms with E-state index in [1.54, 1.807) is 6.92 Å². The first-order chi connectivity index (χ1) is 13.7. The molecule has 4 nitrogen and oxygen atoms in total. The van der Waals surface area contributed by atoms with E-state index in [-0.39, 0.29) is 38.9 Å². The largest absolute Gasteiger partial charge is 0.458 e. The van der Waals surface area contributed by atoms with Crippen LogP contribution in [0, 0.1) is 28.6 Å². The van der Waals surface area contributed by atoms with Crippen LogP contribution in [0.2, 0.25) is 0 Å². The third-order valence-corrected chi connectivity index (χ3v) is 10.9. The first kappa shape index (κ1) is 20.1. The van der Waals surface area contributed by atoms with Gasteiger partial charge in [0.15, 0.2) is 5.12 Å². The lowest BCUT2D eigenvalue weighted by atomic mass is 9.46. The molecule has 1 spiro atoms. The Bertz CT molecular complexity index is 777. The monoisotopic (exact) mass is 418 g/mol. The Balaban J connectivity index is 1.55. The lowest BCUT2D eigenvalue weighted by Gasteiger charge is -2.61. The molecule has 4 fully saturated rings. The Hall–Kier alpha value is -0.810. The zero-order chi connectivity index (χ0) is 20.6. The average molecular weight is 419 g/mol. The molecule has 0 aromatic carbocycles. The molecule has 0 unspecified atom stereocenters. The Morgan fingerprint density at radius 3 is 2.59 bits per heavy atom. The molecule has 0 bridgehead atoms. The van der Waals surface area contributed by atoms with Gasteiger partial charge in [-0.05, 0) is 74.5 Å². The van der Waals surface area contributed by atoms with Crippen LogP contribution < -0.4 is 0 Å². The molecule has 3 saturated carbocycles. The molecule has 29 heavy (non-hydrogen) atoms. The van der Waals surface area contributed by atoms with Crippen LogP contribution in [0.4, 0.5) is 0 Å². The molecule has 1 heterocycles. The third kappa shape index (κ3) is 2.75. The first-order valence-corrected chi connectivity index (χ1v) is 12.3. The van der Waals surface area contributed by atoms with Gasteiger partial charge < -0.3 is 9.84 Å². The quantitative estimate of drug-likeness (QED) is 0.496. The summed E-state index contributed by atoms with van der Waals surface area (Å²) in [7, 11) is 0. The van der Waals surface area contributed by atoms with Crippen molar-refractivity contribution in [3.8, 4) is 0 Å². The molecule has 5 rings (SSSR count). The van der Waals surface area contributed by atoms with Crippen molar-refractivity contribution in [1.29, 1.82) is 0 Å². The van der Waals surface area contributed by atoms with Gasteiger partial charge in [-0.2, -0.15) is 0 Å². The molecule has 0 aromatic heterocycles. The summed E-state index contributed by atoms with van der Waals surface area (Å²) >= 11 is 1.53. The summed E-state index contributed by atoms with van der Waals surface area (Å²) in [5.74, 6) is 1.52. The van der Waals surface area contributed by atoms with Crippen LogP contribution in [0.1, 0.15) is 78.6 Å². The van der Waals surface area contributed by atoms with Crippen molar-refractivity contribution < 1.29 is 19.4 Å². The van der Waals surface area contributed by atoms with E-state index >= 15 is 0 Å². The van der Waals surface area contributed by atoms with Gasteiger partial charge in [0, 0.05) is 24.0 Å². The topological polar surface area (TPSA) is 63.6 Å². The fourth-order valence-corrected chi connectivity index (χ4v) is 9.50. The van der Waals surface area contributed by atoms with Gasteiger partial charge in [0.25, 0.3) is 0 Å². The Morgan fingerprint density at radius 1 is 1.14 bits per heavy atom. The van der Waals surface area contributed by atoms with Crippen molar-refractivity contribution in [3.05, 3.63) is 11.6 Å². The zero-order valence-electron chi connectivity index (χ0n) is 17.9. The summed E-state index contributed by atoms with van der Waals surface area (Å²) in [4.78, 5) is 24.3. The molecular weight excluding hydrogens is 384 g/mol. The number of allylic oxidation sites excluding steroid dienone is 1. The van der Waals surface area contributed by atoms with E-state index in [1.807, 2.05) is 0 Å². The lowest BCUT2D eigenvalue weighted by molar-refractivity contribution is -0.167. The van der Waals surface area contributed by atoms with E-state index < -0.39 is 0 Å². The van der Waals surface area contributed by atoms with Gasteiger partial charge in [0.05, 0.1) is 6.10 Å². The molecule has 5 heteroatoms. The molecule has 0 radical (unpaired) electrons. The van der Waals surface area contributed by atoms with Crippen LogP contribution in [-0.2, 0) is 14.3 Å². The van der Waals surface area contributed by atoms with Crippen molar-refractivity contribution in [1.82, 2.24) is 0 Å². The van der Waals surface area contributed by atoms with Crippen LogP contribution in [0.3, 0.4) is 0 Å². The highest BCUT2D eigenvalue weighted by molar-refractivity contribution is 8.14. The molecule has 8 atom stereocenters. The molecule has 1 aliphatic heterocycles.